The summed E-state index contributed by atoms with van der Waals surface area (Å²) in [6.45, 7) is 14.5. The zero-order chi connectivity index (χ0) is 25.8. The van der Waals surface area contributed by atoms with Gasteiger partial charge in [-0.15, -0.1) is 0 Å². The maximum absolute atomic E-state index is 12.5. The van der Waals surface area contributed by atoms with Crippen molar-refractivity contribution in [2.45, 2.75) is 66.1 Å². The molecular formula is C26H39N5O4. The molecule has 0 spiro atoms. The van der Waals surface area contributed by atoms with Gasteiger partial charge in [-0.05, 0) is 58.1 Å². The third kappa shape index (κ3) is 6.90. The minimum absolute atomic E-state index is 0.239. The highest BCUT2D eigenvalue weighted by Crippen LogP contribution is 2.43. The summed E-state index contributed by atoms with van der Waals surface area (Å²) in [5, 5.41) is 10.2. The number of aryl methyl sites for hydroxylation is 1. The molecule has 1 saturated heterocycles. The van der Waals surface area contributed by atoms with Gasteiger partial charge in [-0.1, -0.05) is 13.8 Å². The van der Waals surface area contributed by atoms with E-state index < -0.39 is 17.7 Å². The van der Waals surface area contributed by atoms with Crippen molar-refractivity contribution in [2.24, 2.45) is 11.3 Å². The maximum atomic E-state index is 12.5. The van der Waals surface area contributed by atoms with Crippen LogP contribution in [0.5, 0.6) is 5.75 Å². The number of hydrogen-bond donors (Lipinski definition) is 3. The topological polar surface area (TPSA) is 123 Å². The zero-order valence-corrected chi connectivity index (χ0v) is 21.7. The number of nitrogens with zero attached hydrogens (tertiary/aromatic N) is 3. The minimum atomic E-state index is -1.15. The van der Waals surface area contributed by atoms with Gasteiger partial charge in [0.25, 0.3) is 0 Å². The molecule has 0 aromatic carbocycles. The molecule has 35 heavy (non-hydrogen) atoms. The second kappa shape index (κ2) is 10.9. The number of piperidine rings is 1. The predicted molar refractivity (Wildman–Crippen MR) is 136 cm³/mol. The lowest BCUT2D eigenvalue weighted by Gasteiger charge is -2.40. The maximum Gasteiger partial charge on any atom is 0.337 e. The first-order chi connectivity index (χ1) is 16.4. The summed E-state index contributed by atoms with van der Waals surface area (Å²) in [4.78, 5) is 24.0. The molecule has 192 valence electrons. The number of nitrogens with one attached hydrogen (secondary N) is 1. The van der Waals surface area contributed by atoms with Crippen molar-refractivity contribution in [3.8, 4) is 17.0 Å². The second-order valence-electron chi connectivity index (χ2n) is 10.8. The summed E-state index contributed by atoms with van der Waals surface area (Å²) in [6.07, 6.45) is 4.29. The number of nitrogens with two attached hydrogens (primary N) is 1. The highest BCUT2D eigenvalue weighted by molar-refractivity contribution is 5.85. The number of ether oxygens (including phenoxy) is 2. The quantitative estimate of drug-likeness (QED) is 0.276. The van der Waals surface area contributed by atoms with Crippen molar-refractivity contribution in [1.29, 1.82) is 0 Å². The molecular weight excluding hydrogens is 446 g/mol. The first-order valence-corrected chi connectivity index (χ1v) is 12.1. The highest BCUT2D eigenvalue weighted by atomic mass is 16.5. The number of rotatable bonds is 9. The van der Waals surface area contributed by atoms with E-state index in [2.05, 4.69) is 34.1 Å². The van der Waals surface area contributed by atoms with Gasteiger partial charge in [-0.25, -0.2) is 4.79 Å². The molecule has 0 radical (unpaired) electrons. The molecule has 2 aromatic heterocycles. The molecule has 3 heterocycles. The molecule has 1 aliphatic heterocycles. The van der Waals surface area contributed by atoms with Gasteiger partial charge in [-0.2, -0.15) is 0 Å². The molecule has 0 amide bonds. The number of carboxylic acid groups (broad SMARTS) is 1. The van der Waals surface area contributed by atoms with Gasteiger partial charge in [0.05, 0.1) is 23.2 Å². The molecule has 3 rings (SSSR count). The number of aliphatic carboxylic acids is 1. The molecule has 1 atom stereocenters. The molecule has 2 aromatic rings. The number of anilines is 1. The summed E-state index contributed by atoms with van der Waals surface area (Å²) < 4.78 is 11.7. The van der Waals surface area contributed by atoms with Gasteiger partial charge in [-0.3, -0.25) is 21.2 Å². The number of aromatic nitrogens is 2. The van der Waals surface area contributed by atoms with Crippen LogP contribution in [0, 0.1) is 12.3 Å². The molecule has 4 N–H and O–H groups in total. The first-order valence-electron chi connectivity index (χ1n) is 12.1. The molecule has 0 saturated carbocycles. The molecule has 0 aliphatic carbocycles. The van der Waals surface area contributed by atoms with Crippen molar-refractivity contribution >= 4 is 11.7 Å². The van der Waals surface area contributed by atoms with E-state index in [1.807, 2.05) is 39.8 Å². The summed E-state index contributed by atoms with van der Waals surface area (Å²) in [6, 6.07) is 3.72. The lowest BCUT2D eigenvalue weighted by molar-refractivity contribution is -0.160. The largest absolute Gasteiger partial charge is 0.491 e. The Labute approximate surface area is 208 Å². The molecule has 0 unspecified atom stereocenters. The standard InChI is InChI=1S/C26H39N5O4/c1-17-21(23(24(32)33)35-25(2,3)4)22(31-12-9-26(5,6)10-13-31)19(16-28-17)20-8-7-18(15-29-20)34-14-11-30-27/h7-8,15-16,23,30H,9-14,27H2,1-6H3,(H,32,33)/t23-/m0/s1. The normalized spacial score (nSPS) is 16.7. The van der Waals surface area contributed by atoms with Gasteiger partial charge < -0.3 is 19.5 Å². The van der Waals surface area contributed by atoms with Crippen LogP contribution in [0.4, 0.5) is 5.69 Å². The molecule has 1 fully saturated rings. The first kappa shape index (κ1) is 26.8. The Hall–Kier alpha value is -2.75. The van der Waals surface area contributed by atoms with Crippen LogP contribution in [0.15, 0.2) is 24.5 Å². The Balaban J connectivity index is 2.12. The van der Waals surface area contributed by atoms with Gasteiger partial charge in [0, 0.05) is 42.7 Å². The minimum Gasteiger partial charge on any atom is -0.491 e. The fraction of sp³-hybridized carbons (Fsp3) is 0.577. The van der Waals surface area contributed by atoms with Crippen molar-refractivity contribution in [1.82, 2.24) is 15.4 Å². The van der Waals surface area contributed by atoms with E-state index in [4.69, 9.17) is 15.3 Å². The van der Waals surface area contributed by atoms with Crippen LogP contribution in [-0.2, 0) is 9.53 Å². The van der Waals surface area contributed by atoms with Crippen LogP contribution in [0.2, 0.25) is 0 Å². The lowest BCUT2D eigenvalue weighted by atomic mass is 9.82. The number of hydrogen-bond acceptors (Lipinski definition) is 8. The summed E-state index contributed by atoms with van der Waals surface area (Å²) >= 11 is 0. The SMILES string of the molecule is Cc1ncc(-c2ccc(OCCNN)cn2)c(N2CCC(C)(C)CC2)c1[C@H](OC(C)(C)C)C(=O)O. The molecule has 1 aliphatic rings. The van der Waals surface area contributed by atoms with Crippen LogP contribution in [-0.4, -0.2) is 52.9 Å². The van der Waals surface area contributed by atoms with Gasteiger partial charge in [0.15, 0.2) is 6.10 Å². The smallest absolute Gasteiger partial charge is 0.337 e. The van der Waals surface area contributed by atoms with Crippen LogP contribution < -0.4 is 20.9 Å². The highest BCUT2D eigenvalue weighted by Gasteiger charge is 2.35. The monoisotopic (exact) mass is 485 g/mol. The predicted octanol–water partition coefficient (Wildman–Crippen LogP) is 3.86. The second-order valence-corrected chi connectivity index (χ2v) is 10.8. The van der Waals surface area contributed by atoms with Gasteiger partial charge in [0.2, 0.25) is 0 Å². The van der Waals surface area contributed by atoms with Crippen LogP contribution in [0.3, 0.4) is 0 Å². The van der Waals surface area contributed by atoms with E-state index in [9.17, 15) is 9.90 Å². The van der Waals surface area contributed by atoms with Crippen molar-refractivity contribution in [3.63, 3.8) is 0 Å². The third-order valence-corrected chi connectivity index (χ3v) is 6.21. The van der Waals surface area contributed by atoms with Crippen LogP contribution in [0.25, 0.3) is 11.3 Å². The Morgan fingerprint density at radius 3 is 2.46 bits per heavy atom. The summed E-state index contributed by atoms with van der Waals surface area (Å²) in [5.74, 6) is 4.89. The van der Waals surface area contributed by atoms with Gasteiger partial charge >= 0.3 is 5.97 Å². The fourth-order valence-corrected chi connectivity index (χ4v) is 4.23. The Morgan fingerprint density at radius 2 is 1.91 bits per heavy atom. The molecule has 9 heteroatoms. The van der Waals surface area contributed by atoms with E-state index >= 15 is 0 Å². The van der Waals surface area contributed by atoms with E-state index in [-0.39, 0.29) is 5.41 Å². The zero-order valence-electron chi connectivity index (χ0n) is 21.7. The average Bonchev–Trinajstić information content (AvgIpc) is 2.78. The number of carboxylic acids is 1. The Bertz CT molecular complexity index is 1010. The fourth-order valence-electron chi connectivity index (χ4n) is 4.23. The molecule has 9 nitrogen and oxygen atoms in total. The van der Waals surface area contributed by atoms with Crippen LogP contribution >= 0.6 is 0 Å². The Morgan fingerprint density at radius 1 is 1.23 bits per heavy atom. The van der Waals surface area contributed by atoms with Crippen molar-refractivity contribution < 1.29 is 19.4 Å². The number of hydrazine groups is 1. The Kier molecular flexibility index (Phi) is 8.35. The number of carbonyl (C=O) groups is 1. The number of pyridine rings is 2. The van der Waals surface area contributed by atoms with E-state index in [0.717, 1.165) is 37.2 Å². The van der Waals surface area contributed by atoms with E-state index in [1.54, 1.807) is 12.4 Å². The average molecular weight is 486 g/mol. The summed E-state index contributed by atoms with van der Waals surface area (Å²) in [5.41, 5.74) is 5.67. The van der Waals surface area contributed by atoms with E-state index in [0.29, 0.717) is 35.9 Å². The lowest BCUT2D eigenvalue weighted by Crippen LogP contribution is -2.39. The van der Waals surface area contributed by atoms with Gasteiger partial charge in [0.1, 0.15) is 12.4 Å². The molecule has 0 bridgehead atoms. The van der Waals surface area contributed by atoms with Crippen LogP contribution in [0.1, 0.15) is 64.8 Å². The van der Waals surface area contributed by atoms with Crippen molar-refractivity contribution in [3.05, 3.63) is 35.8 Å². The van der Waals surface area contributed by atoms with Crippen molar-refractivity contribution in [2.75, 3.05) is 31.1 Å². The third-order valence-electron chi connectivity index (χ3n) is 6.21. The summed E-state index contributed by atoms with van der Waals surface area (Å²) in [7, 11) is 0. The van der Waals surface area contributed by atoms with E-state index in [1.165, 1.54) is 0 Å².